The number of rotatable bonds is 6. The third-order valence-electron chi connectivity index (χ3n) is 4.27. The molecule has 0 bridgehead atoms. The largest absolute Gasteiger partial charge is 0.496 e. The van der Waals surface area contributed by atoms with Gasteiger partial charge in [0.2, 0.25) is 0 Å². The van der Waals surface area contributed by atoms with Crippen LogP contribution in [0.4, 0.5) is 0 Å². The van der Waals surface area contributed by atoms with Gasteiger partial charge in [-0.15, -0.1) is 0 Å². The predicted octanol–water partition coefficient (Wildman–Crippen LogP) is 2.60. The van der Waals surface area contributed by atoms with Crippen LogP contribution in [0.25, 0.3) is 12.2 Å². The molecule has 3 rings (SSSR count). The van der Waals surface area contributed by atoms with Crippen LogP contribution < -0.4 is 19.9 Å². The van der Waals surface area contributed by atoms with Gasteiger partial charge in [-0.05, 0) is 31.4 Å². The summed E-state index contributed by atoms with van der Waals surface area (Å²) >= 11 is 0. The van der Waals surface area contributed by atoms with Crippen LogP contribution in [0.1, 0.15) is 36.5 Å². The van der Waals surface area contributed by atoms with Crippen molar-refractivity contribution >= 4 is 12.2 Å². The number of nitrogens with zero attached hydrogens (tertiary/aromatic N) is 2. The summed E-state index contributed by atoms with van der Waals surface area (Å²) in [5, 5.41) is 3.99. The van der Waals surface area contributed by atoms with Crippen molar-refractivity contribution in [3.8, 4) is 17.2 Å². The van der Waals surface area contributed by atoms with Crippen LogP contribution in [0, 0.1) is 0 Å². The Kier molecular flexibility index (Phi) is 4.44. The summed E-state index contributed by atoms with van der Waals surface area (Å²) in [6, 6.07) is 3.59. The molecule has 0 amide bonds. The molecule has 0 spiro atoms. The number of hydrogen-bond donors (Lipinski definition) is 1. The zero-order valence-corrected chi connectivity index (χ0v) is 14.0. The summed E-state index contributed by atoms with van der Waals surface area (Å²) in [6.07, 6.45) is 6.42. The number of benzene rings is 1. The first kappa shape index (κ1) is 16.3. The van der Waals surface area contributed by atoms with Crippen molar-refractivity contribution in [2.24, 2.45) is 5.73 Å². The number of ether oxygens (including phenoxy) is 3. The van der Waals surface area contributed by atoms with Crippen LogP contribution in [0.3, 0.4) is 0 Å². The molecule has 0 unspecified atom stereocenters. The minimum absolute atomic E-state index is 0.401. The highest BCUT2D eigenvalue weighted by atomic mass is 16.5. The third kappa shape index (κ3) is 2.94. The molecule has 1 aromatic carbocycles. The van der Waals surface area contributed by atoms with Crippen LogP contribution in [0.5, 0.6) is 17.2 Å². The number of nitrogens with two attached hydrogens (primary N) is 1. The molecule has 24 heavy (non-hydrogen) atoms. The fourth-order valence-electron chi connectivity index (χ4n) is 2.63. The van der Waals surface area contributed by atoms with E-state index in [4.69, 9.17) is 24.5 Å². The first-order valence-corrected chi connectivity index (χ1v) is 7.71. The highest BCUT2D eigenvalue weighted by molar-refractivity contribution is 5.72. The molecule has 7 nitrogen and oxygen atoms in total. The molecule has 1 fully saturated rings. The second kappa shape index (κ2) is 6.52. The first-order chi connectivity index (χ1) is 11.6. The van der Waals surface area contributed by atoms with Crippen LogP contribution >= 0.6 is 0 Å². The van der Waals surface area contributed by atoms with E-state index in [1.54, 1.807) is 33.5 Å². The van der Waals surface area contributed by atoms with Gasteiger partial charge in [0.1, 0.15) is 5.75 Å². The van der Waals surface area contributed by atoms with Crippen LogP contribution in [0.15, 0.2) is 16.7 Å². The molecule has 7 heteroatoms. The second-order valence-corrected chi connectivity index (χ2v) is 5.75. The summed E-state index contributed by atoms with van der Waals surface area (Å²) in [6.45, 7) is 0. The lowest BCUT2D eigenvalue weighted by Crippen LogP contribution is -2.44. The quantitative estimate of drug-likeness (QED) is 0.869. The zero-order chi connectivity index (χ0) is 17.2. The van der Waals surface area contributed by atoms with Gasteiger partial charge in [0.05, 0.1) is 26.9 Å². The molecule has 0 radical (unpaired) electrons. The average molecular weight is 331 g/mol. The normalized spacial score (nSPS) is 16.0. The molecule has 1 aliphatic carbocycles. The van der Waals surface area contributed by atoms with E-state index >= 15 is 0 Å². The van der Waals surface area contributed by atoms with Gasteiger partial charge in [0.15, 0.2) is 17.3 Å². The SMILES string of the molecule is COc1cc(OC)c(OC)cc1/C=C/c1nc(C2(N)CCC2)no1. The minimum Gasteiger partial charge on any atom is -0.496 e. The van der Waals surface area contributed by atoms with E-state index in [1.807, 2.05) is 12.1 Å². The lowest BCUT2D eigenvalue weighted by Gasteiger charge is -2.34. The monoisotopic (exact) mass is 331 g/mol. The molecule has 0 aliphatic heterocycles. The molecular weight excluding hydrogens is 310 g/mol. The first-order valence-electron chi connectivity index (χ1n) is 7.71. The molecule has 1 heterocycles. The van der Waals surface area contributed by atoms with Crippen molar-refractivity contribution in [3.63, 3.8) is 0 Å². The van der Waals surface area contributed by atoms with Crippen molar-refractivity contribution < 1.29 is 18.7 Å². The van der Waals surface area contributed by atoms with E-state index in [2.05, 4.69) is 10.1 Å². The average Bonchev–Trinajstić information content (AvgIpc) is 3.06. The molecule has 0 saturated heterocycles. The molecule has 2 aromatic rings. The Morgan fingerprint density at radius 2 is 1.71 bits per heavy atom. The topological polar surface area (TPSA) is 92.6 Å². The lowest BCUT2D eigenvalue weighted by molar-refractivity contribution is 0.229. The number of methoxy groups -OCH3 is 3. The van der Waals surface area contributed by atoms with Crippen molar-refractivity contribution in [2.45, 2.75) is 24.8 Å². The Labute approximate surface area is 140 Å². The van der Waals surface area contributed by atoms with E-state index in [0.717, 1.165) is 24.8 Å². The van der Waals surface area contributed by atoms with E-state index < -0.39 is 5.54 Å². The van der Waals surface area contributed by atoms with E-state index in [0.29, 0.717) is 29.0 Å². The molecule has 128 valence electrons. The predicted molar refractivity (Wildman–Crippen MR) is 89.0 cm³/mol. The van der Waals surface area contributed by atoms with E-state index in [-0.39, 0.29) is 0 Å². The maximum absolute atomic E-state index is 6.20. The smallest absolute Gasteiger partial charge is 0.250 e. The Hall–Kier alpha value is -2.54. The van der Waals surface area contributed by atoms with Crippen LogP contribution in [0.2, 0.25) is 0 Å². The van der Waals surface area contributed by atoms with Crippen molar-refractivity contribution in [1.29, 1.82) is 0 Å². The van der Waals surface area contributed by atoms with Gasteiger partial charge in [-0.25, -0.2) is 0 Å². The minimum atomic E-state index is -0.434. The Morgan fingerprint density at radius 1 is 1.04 bits per heavy atom. The van der Waals surface area contributed by atoms with Gasteiger partial charge in [-0.3, -0.25) is 0 Å². The van der Waals surface area contributed by atoms with Gasteiger partial charge in [0.25, 0.3) is 5.89 Å². The maximum Gasteiger partial charge on any atom is 0.250 e. The van der Waals surface area contributed by atoms with Crippen molar-refractivity contribution in [1.82, 2.24) is 10.1 Å². The van der Waals surface area contributed by atoms with Gasteiger partial charge in [-0.1, -0.05) is 5.16 Å². The summed E-state index contributed by atoms with van der Waals surface area (Å²) in [5.41, 5.74) is 6.57. The summed E-state index contributed by atoms with van der Waals surface area (Å²) in [7, 11) is 4.76. The van der Waals surface area contributed by atoms with Gasteiger partial charge >= 0.3 is 0 Å². The maximum atomic E-state index is 6.20. The fraction of sp³-hybridized carbons (Fsp3) is 0.412. The van der Waals surface area contributed by atoms with Gasteiger partial charge < -0.3 is 24.5 Å². The van der Waals surface area contributed by atoms with Crippen molar-refractivity contribution in [3.05, 3.63) is 29.4 Å². The summed E-state index contributed by atoms with van der Waals surface area (Å²) in [5.74, 6) is 2.82. The number of hydrogen-bond acceptors (Lipinski definition) is 7. The van der Waals surface area contributed by atoms with Crippen LogP contribution in [-0.2, 0) is 5.54 Å². The highest BCUT2D eigenvalue weighted by Gasteiger charge is 2.38. The molecule has 0 atom stereocenters. The van der Waals surface area contributed by atoms with E-state index in [1.165, 1.54) is 0 Å². The van der Waals surface area contributed by atoms with E-state index in [9.17, 15) is 0 Å². The Bertz CT molecular complexity index is 750. The lowest BCUT2D eigenvalue weighted by atomic mass is 9.77. The van der Waals surface area contributed by atoms with Crippen LogP contribution in [-0.4, -0.2) is 31.5 Å². The summed E-state index contributed by atoms with van der Waals surface area (Å²) < 4.78 is 21.2. The zero-order valence-electron chi connectivity index (χ0n) is 14.0. The standard InChI is InChI=1S/C17H21N3O4/c1-21-12-10-14(23-3)13(22-2)9-11(12)5-6-15-19-16(20-24-15)17(18)7-4-8-17/h5-6,9-10H,4,7-8,18H2,1-3H3/b6-5+. The van der Waals surface area contributed by atoms with Gasteiger partial charge in [0, 0.05) is 17.7 Å². The highest BCUT2D eigenvalue weighted by Crippen LogP contribution is 2.37. The second-order valence-electron chi connectivity index (χ2n) is 5.75. The van der Waals surface area contributed by atoms with Gasteiger partial charge in [-0.2, -0.15) is 4.98 Å². The Morgan fingerprint density at radius 3 is 2.29 bits per heavy atom. The van der Waals surface area contributed by atoms with Crippen molar-refractivity contribution in [2.75, 3.05) is 21.3 Å². The third-order valence-corrected chi connectivity index (χ3v) is 4.27. The summed E-state index contributed by atoms with van der Waals surface area (Å²) in [4.78, 5) is 4.36. The molecular formula is C17H21N3O4. The Balaban J connectivity index is 1.86. The molecule has 1 aromatic heterocycles. The molecule has 2 N–H and O–H groups in total. The molecule has 1 saturated carbocycles. The molecule has 1 aliphatic rings. The number of aromatic nitrogens is 2. The fourth-order valence-corrected chi connectivity index (χ4v) is 2.63.